The largest absolute Gasteiger partial charge is 0.235 e. The minimum absolute atomic E-state index is 0.132. The van der Waals surface area contributed by atoms with Gasteiger partial charge in [0.1, 0.15) is 5.60 Å². The molecule has 0 unspecified atom stereocenters. The molecule has 2 nitrogen and oxygen atoms in total. The van der Waals surface area contributed by atoms with E-state index in [1.54, 1.807) is 0 Å². The first-order valence-corrected chi connectivity index (χ1v) is 3.26. The average Bonchev–Trinajstić information content (AvgIpc) is 1.81. The third kappa shape index (κ3) is 0.970. The van der Waals surface area contributed by atoms with Crippen LogP contribution in [0, 0.1) is 5.41 Å². The molecule has 0 spiro atoms. The molecule has 0 aromatic heterocycles. The molecule has 0 radical (unpaired) electrons. The second kappa shape index (κ2) is 1.70. The SMILES string of the molecule is CC1(C)COOC1(C)C. The average molecular weight is 130 g/mol. The molecule has 0 amide bonds. The van der Waals surface area contributed by atoms with Crippen LogP contribution in [0.2, 0.25) is 0 Å². The van der Waals surface area contributed by atoms with Gasteiger partial charge in [0.25, 0.3) is 0 Å². The molecule has 1 rings (SSSR count). The molecule has 1 heterocycles. The molecule has 1 aliphatic heterocycles. The Kier molecular flexibility index (Phi) is 1.33. The van der Waals surface area contributed by atoms with Gasteiger partial charge in [-0.3, -0.25) is 0 Å². The van der Waals surface area contributed by atoms with E-state index in [9.17, 15) is 0 Å². The van der Waals surface area contributed by atoms with E-state index in [2.05, 4.69) is 13.8 Å². The zero-order valence-corrected chi connectivity index (χ0v) is 6.52. The smallest absolute Gasteiger partial charge is 0.105 e. The fourth-order valence-corrected chi connectivity index (χ4v) is 0.611. The van der Waals surface area contributed by atoms with E-state index in [1.807, 2.05) is 13.8 Å². The normalized spacial score (nSPS) is 30.7. The third-order valence-electron chi connectivity index (χ3n) is 2.32. The summed E-state index contributed by atoms with van der Waals surface area (Å²) in [5.41, 5.74) is 0.0139. The van der Waals surface area contributed by atoms with Crippen LogP contribution in [0.15, 0.2) is 0 Å². The minimum Gasteiger partial charge on any atom is -0.235 e. The highest BCUT2D eigenvalue weighted by molar-refractivity contribution is 4.88. The molecule has 0 aromatic rings. The first-order chi connectivity index (χ1) is 3.96. The van der Waals surface area contributed by atoms with Crippen LogP contribution in [0.4, 0.5) is 0 Å². The summed E-state index contributed by atoms with van der Waals surface area (Å²) in [5.74, 6) is 0. The van der Waals surface area contributed by atoms with Gasteiger partial charge >= 0.3 is 0 Å². The van der Waals surface area contributed by atoms with E-state index in [1.165, 1.54) is 0 Å². The molecule has 1 saturated heterocycles. The van der Waals surface area contributed by atoms with Crippen LogP contribution in [0.3, 0.4) is 0 Å². The fraction of sp³-hybridized carbons (Fsp3) is 1.00. The van der Waals surface area contributed by atoms with E-state index >= 15 is 0 Å². The van der Waals surface area contributed by atoms with Gasteiger partial charge in [-0.1, -0.05) is 13.8 Å². The topological polar surface area (TPSA) is 18.5 Å². The van der Waals surface area contributed by atoms with Crippen LogP contribution < -0.4 is 0 Å². The molecule has 0 bridgehead atoms. The van der Waals surface area contributed by atoms with Crippen LogP contribution in [-0.4, -0.2) is 12.2 Å². The first-order valence-electron chi connectivity index (χ1n) is 3.26. The van der Waals surface area contributed by atoms with E-state index < -0.39 is 0 Å². The highest BCUT2D eigenvalue weighted by atomic mass is 17.2. The van der Waals surface area contributed by atoms with Gasteiger partial charge in [-0.2, -0.15) is 0 Å². The summed E-state index contributed by atoms with van der Waals surface area (Å²) >= 11 is 0. The Morgan fingerprint density at radius 3 is 1.78 bits per heavy atom. The van der Waals surface area contributed by atoms with E-state index in [-0.39, 0.29) is 11.0 Å². The molecule has 54 valence electrons. The van der Waals surface area contributed by atoms with Crippen molar-refractivity contribution in [2.45, 2.75) is 33.3 Å². The van der Waals surface area contributed by atoms with Crippen molar-refractivity contribution < 1.29 is 9.78 Å². The maximum absolute atomic E-state index is 5.06. The van der Waals surface area contributed by atoms with Crippen molar-refractivity contribution in [3.63, 3.8) is 0 Å². The van der Waals surface area contributed by atoms with Crippen molar-refractivity contribution in [3.8, 4) is 0 Å². The van der Waals surface area contributed by atoms with Crippen LogP contribution in [0.25, 0.3) is 0 Å². The molecule has 2 heteroatoms. The van der Waals surface area contributed by atoms with Crippen molar-refractivity contribution >= 4 is 0 Å². The predicted molar refractivity (Wildman–Crippen MR) is 34.9 cm³/mol. The summed E-state index contributed by atoms with van der Waals surface area (Å²) < 4.78 is 0. The number of hydrogen-bond acceptors (Lipinski definition) is 2. The van der Waals surface area contributed by atoms with Gasteiger partial charge in [0.05, 0.1) is 6.61 Å². The lowest BCUT2D eigenvalue weighted by molar-refractivity contribution is -0.302. The lowest BCUT2D eigenvalue weighted by atomic mass is 9.79. The number of hydrogen-bond donors (Lipinski definition) is 0. The Morgan fingerprint density at radius 1 is 1.11 bits per heavy atom. The molecular formula is C7H14O2. The maximum atomic E-state index is 5.06. The summed E-state index contributed by atoms with van der Waals surface area (Å²) in [6, 6.07) is 0. The molecule has 0 atom stereocenters. The second-order valence-corrected chi connectivity index (χ2v) is 3.74. The zero-order valence-electron chi connectivity index (χ0n) is 6.52. The fourth-order valence-electron chi connectivity index (χ4n) is 0.611. The lowest BCUT2D eigenvalue weighted by Crippen LogP contribution is -2.36. The van der Waals surface area contributed by atoms with Crippen LogP contribution in [-0.2, 0) is 9.78 Å². The van der Waals surface area contributed by atoms with Crippen molar-refractivity contribution in [2.24, 2.45) is 5.41 Å². The number of rotatable bonds is 0. The van der Waals surface area contributed by atoms with Crippen molar-refractivity contribution in [1.82, 2.24) is 0 Å². The third-order valence-corrected chi connectivity index (χ3v) is 2.32. The monoisotopic (exact) mass is 130 g/mol. The van der Waals surface area contributed by atoms with E-state index in [0.29, 0.717) is 6.61 Å². The molecule has 0 N–H and O–H groups in total. The highest BCUT2D eigenvalue weighted by Gasteiger charge is 2.44. The van der Waals surface area contributed by atoms with Gasteiger partial charge in [0, 0.05) is 5.41 Å². The zero-order chi connectivity index (χ0) is 7.12. The molecular weight excluding hydrogens is 116 g/mol. The molecule has 9 heavy (non-hydrogen) atoms. The van der Waals surface area contributed by atoms with Gasteiger partial charge in [0.2, 0.25) is 0 Å². The highest BCUT2D eigenvalue weighted by Crippen LogP contribution is 2.39. The second-order valence-electron chi connectivity index (χ2n) is 3.74. The summed E-state index contributed by atoms with van der Waals surface area (Å²) in [7, 11) is 0. The Hall–Kier alpha value is -0.0800. The molecule has 1 fully saturated rings. The van der Waals surface area contributed by atoms with Crippen LogP contribution in [0.1, 0.15) is 27.7 Å². The lowest BCUT2D eigenvalue weighted by Gasteiger charge is -2.28. The summed E-state index contributed by atoms with van der Waals surface area (Å²) in [6.45, 7) is 9.06. The van der Waals surface area contributed by atoms with Gasteiger partial charge < -0.3 is 0 Å². The predicted octanol–water partition coefficient (Wildman–Crippen LogP) is 1.75. The van der Waals surface area contributed by atoms with Crippen molar-refractivity contribution in [2.75, 3.05) is 6.61 Å². The van der Waals surface area contributed by atoms with Gasteiger partial charge in [-0.15, -0.1) is 0 Å². The Labute approximate surface area is 56.1 Å². The van der Waals surface area contributed by atoms with Gasteiger partial charge in [0.15, 0.2) is 0 Å². The maximum Gasteiger partial charge on any atom is 0.105 e. The quantitative estimate of drug-likeness (QED) is 0.465. The minimum atomic E-state index is -0.132. The first kappa shape index (κ1) is 7.03. The van der Waals surface area contributed by atoms with E-state index in [0.717, 1.165) is 0 Å². The Morgan fingerprint density at radius 2 is 1.67 bits per heavy atom. The molecule has 1 aliphatic rings. The Balaban J connectivity index is 2.75. The molecule has 0 saturated carbocycles. The van der Waals surface area contributed by atoms with E-state index in [4.69, 9.17) is 9.78 Å². The summed E-state index contributed by atoms with van der Waals surface area (Å²) in [5, 5.41) is 0. The standard InChI is InChI=1S/C7H14O2/c1-6(2)5-8-9-7(6,3)4/h5H2,1-4H3. The van der Waals surface area contributed by atoms with Gasteiger partial charge in [-0.05, 0) is 13.8 Å². The summed E-state index contributed by atoms with van der Waals surface area (Å²) in [6.07, 6.45) is 0. The van der Waals surface area contributed by atoms with Crippen molar-refractivity contribution in [1.29, 1.82) is 0 Å². The van der Waals surface area contributed by atoms with Crippen molar-refractivity contribution in [3.05, 3.63) is 0 Å². The van der Waals surface area contributed by atoms with Gasteiger partial charge in [-0.25, -0.2) is 9.78 Å². The molecule has 0 aliphatic carbocycles. The summed E-state index contributed by atoms with van der Waals surface area (Å²) in [4.78, 5) is 9.93. The molecule has 0 aromatic carbocycles. The van der Waals surface area contributed by atoms with Crippen LogP contribution in [0.5, 0.6) is 0 Å². The Bertz CT molecular complexity index is 102. The van der Waals surface area contributed by atoms with Crippen LogP contribution >= 0.6 is 0 Å².